The molecule has 1 aliphatic heterocycles. The van der Waals surface area contributed by atoms with Gasteiger partial charge in [0, 0.05) is 34.1 Å². The lowest BCUT2D eigenvalue weighted by Crippen LogP contribution is -2.67. The Bertz CT molecular complexity index is 817. The number of carbonyl (C=O) groups is 5. The highest BCUT2D eigenvalue weighted by atomic mass is 16.7. The number of unbranched alkanes of at least 4 members (excludes halogenated alkanes) is 12. The average molecular weight is 586 g/mol. The van der Waals surface area contributed by atoms with Crippen LogP contribution in [0.5, 0.6) is 0 Å². The zero-order valence-electron chi connectivity index (χ0n) is 25.6. The van der Waals surface area contributed by atoms with Gasteiger partial charge in [0.15, 0.2) is 12.2 Å². The van der Waals surface area contributed by atoms with Crippen molar-refractivity contribution in [3.05, 3.63) is 0 Å². The number of carbonyl (C=O) groups excluding carboxylic acids is 5. The normalized spacial score (nSPS) is 21.9. The lowest BCUT2D eigenvalue weighted by Gasteiger charge is -2.44. The van der Waals surface area contributed by atoms with Gasteiger partial charge in [-0.15, -0.1) is 0 Å². The van der Waals surface area contributed by atoms with Gasteiger partial charge in [0.25, 0.3) is 0 Å². The molecule has 5 atom stereocenters. The number of rotatable bonds is 20. The summed E-state index contributed by atoms with van der Waals surface area (Å²) in [5.41, 5.74) is 0. The number of ether oxygens (including phenoxy) is 5. The van der Waals surface area contributed by atoms with Gasteiger partial charge in [0.1, 0.15) is 18.8 Å². The van der Waals surface area contributed by atoms with Crippen molar-refractivity contribution >= 4 is 29.8 Å². The molecule has 0 aromatic carbocycles. The van der Waals surface area contributed by atoms with Crippen molar-refractivity contribution in [3.63, 3.8) is 0 Å². The van der Waals surface area contributed by atoms with Gasteiger partial charge in [0.2, 0.25) is 12.2 Å². The quantitative estimate of drug-likeness (QED) is 0.122. The second-order valence-electron chi connectivity index (χ2n) is 10.7. The van der Waals surface area contributed by atoms with Crippen LogP contribution in [0.1, 0.15) is 125 Å². The highest BCUT2D eigenvalue weighted by molar-refractivity contribution is 5.76. The first-order chi connectivity index (χ1) is 19.5. The minimum atomic E-state index is -1.38. The number of hydrogen-bond acceptors (Lipinski definition) is 10. The number of nitrogens with one attached hydrogen (secondary N) is 1. The third kappa shape index (κ3) is 16.4. The summed E-state index contributed by atoms with van der Waals surface area (Å²) < 4.78 is 26.9. The number of amides is 1. The van der Waals surface area contributed by atoms with Crippen LogP contribution in [0.25, 0.3) is 0 Å². The van der Waals surface area contributed by atoms with Crippen LogP contribution < -0.4 is 5.32 Å². The maximum atomic E-state index is 12.9. The molecule has 11 nitrogen and oxygen atoms in total. The van der Waals surface area contributed by atoms with E-state index >= 15 is 0 Å². The fraction of sp³-hybridized carbons (Fsp3) is 0.833. The summed E-state index contributed by atoms with van der Waals surface area (Å²) >= 11 is 0. The molecule has 11 heteroatoms. The van der Waals surface area contributed by atoms with Crippen molar-refractivity contribution in [3.8, 4) is 0 Å². The third-order valence-corrected chi connectivity index (χ3v) is 6.82. The molecule has 0 unspecified atom stereocenters. The Labute approximate surface area is 244 Å². The highest BCUT2D eigenvalue weighted by Crippen LogP contribution is 2.28. The molecule has 1 N–H and O–H groups in total. The first-order valence-corrected chi connectivity index (χ1v) is 15.1. The van der Waals surface area contributed by atoms with Crippen LogP contribution in [0, 0.1) is 0 Å². The Kier molecular flexibility index (Phi) is 18.7. The molecule has 1 fully saturated rings. The highest BCUT2D eigenvalue weighted by Gasteiger charge is 2.52. The Hall–Kier alpha value is -2.69. The molecular weight excluding hydrogens is 534 g/mol. The topological polar surface area (TPSA) is 144 Å². The summed E-state index contributed by atoms with van der Waals surface area (Å²) in [7, 11) is 0. The Morgan fingerprint density at radius 1 is 0.610 bits per heavy atom. The predicted octanol–water partition coefficient (Wildman–Crippen LogP) is 4.67. The lowest BCUT2D eigenvalue weighted by atomic mass is 9.95. The van der Waals surface area contributed by atoms with E-state index in [4.69, 9.17) is 23.7 Å². The van der Waals surface area contributed by atoms with Crippen molar-refractivity contribution in [2.45, 2.75) is 155 Å². The molecular formula is C30H51NO10. The second-order valence-corrected chi connectivity index (χ2v) is 10.7. The zero-order chi connectivity index (χ0) is 30.6. The van der Waals surface area contributed by atoms with Crippen LogP contribution >= 0.6 is 0 Å². The van der Waals surface area contributed by atoms with E-state index in [1.807, 2.05) is 0 Å². The lowest BCUT2D eigenvalue weighted by molar-refractivity contribution is -0.271. The maximum absolute atomic E-state index is 12.9. The standard InChI is InChI=1S/C30H51NO10/c1-6-7-8-9-10-11-12-13-14-15-16-17-18-19-26(36)31-27-29(39-23(4)34)28(38-22(3)33)25(20-37-21(2)32)41-30(27)40-24(5)35/h25,27-30H,6-20H2,1-5H3,(H,31,36)/t25-,27-,28-,29-,30-/m1/s1. The van der Waals surface area contributed by atoms with Gasteiger partial charge in [-0.3, -0.25) is 24.0 Å². The van der Waals surface area contributed by atoms with Gasteiger partial charge >= 0.3 is 23.9 Å². The predicted molar refractivity (Wildman–Crippen MR) is 150 cm³/mol. The van der Waals surface area contributed by atoms with E-state index in [1.165, 1.54) is 64.7 Å². The molecule has 1 heterocycles. The molecule has 0 aliphatic carbocycles. The maximum Gasteiger partial charge on any atom is 0.305 e. The van der Waals surface area contributed by atoms with Crippen LogP contribution in [0.2, 0.25) is 0 Å². The first kappa shape index (κ1) is 36.3. The molecule has 1 saturated heterocycles. The third-order valence-electron chi connectivity index (χ3n) is 6.82. The monoisotopic (exact) mass is 585 g/mol. The summed E-state index contributed by atoms with van der Waals surface area (Å²) in [4.78, 5) is 59.9. The van der Waals surface area contributed by atoms with Crippen molar-refractivity contribution in [1.82, 2.24) is 5.32 Å². The van der Waals surface area contributed by atoms with Gasteiger partial charge < -0.3 is 29.0 Å². The minimum Gasteiger partial charge on any atom is -0.463 e. The van der Waals surface area contributed by atoms with E-state index in [-0.39, 0.29) is 18.9 Å². The van der Waals surface area contributed by atoms with Gasteiger partial charge in [-0.1, -0.05) is 84.0 Å². The largest absolute Gasteiger partial charge is 0.463 e. The molecule has 0 bridgehead atoms. The Morgan fingerprint density at radius 2 is 1.07 bits per heavy atom. The van der Waals surface area contributed by atoms with Crippen LogP contribution in [0.15, 0.2) is 0 Å². The summed E-state index contributed by atoms with van der Waals surface area (Å²) in [5.74, 6) is -3.08. The van der Waals surface area contributed by atoms with Crippen LogP contribution in [0.3, 0.4) is 0 Å². The fourth-order valence-electron chi connectivity index (χ4n) is 4.88. The van der Waals surface area contributed by atoms with E-state index in [0.717, 1.165) is 40.0 Å². The summed E-state index contributed by atoms with van der Waals surface area (Å²) in [5, 5.41) is 2.74. The minimum absolute atomic E-state index is 0.211. The van der Waals surface area contributed by atoms with Gasteiger partial charge in [-0.2, -0.15) is 0 Å². The SMILES string of the molecule is CCCCCCCCCCCCCCCC(=O)N[C@H]1[C@H](OC(C)=O)O[C@H](COC(C)=O)[C@@H](OC(C)=O)[C@@H]1OC(C)=O. The van der Waals surface area contributed by atoms with Crippen molar-refractivity contribution in [1.29, 1.82) is 0 Å². The summed E-state index contributed by atoms with van der Waals surface area (Å²) in [6.45, 7) is 6.55. The van der Waals surface area contributed by atoms with E-state index in [1.54, 1.807) is 0 Å². The van der Waals surface area contributed by atoms with E-state index in [2.05, 4.69) is 12.2 Å². The van der Waals surface area contributed by atoms with Crippen molar-refractivity contribution in [2.75, 3.05) is 6.61 Å². The van der Waals surface area contributed by atoms with Crippen LogP contribution in [-0.4, -0.2) is 67.0 Å². The molecule has 1 aliphatic rings. The molecule has 0 saturated carbocycles. The molecule has 236 valence electrons. The van der Waals surface area contributed by atoms with Gasteiger partial charge in [0.05, 0.1) is 0 Å². The smallest absolute Gasteiger partial charge is 0.305 e. The first-order valence-electron chi connectivity index (χ1n) is 15.1. The number of esters is 4. The van der Waals surface area contributed by atoms with Gasteiger partial charge in [-0.25, -0.2) is 0 Å². The molecule has 0 radical (unpaired) electrons. The van der Waals surface area contributed by atoms with E-state index in [0.29, 0.717) is 6.42 Å². The number of hydrogen-bond donors (Lipinski definition) is 1. The second kappa shape index (κ2) is 21.1. The molecule has 41 heavy (non-hydrogen) atoms. The van der Waals surface area contributed by atoms with Crippen molar-refractivity contribution < 1.29 is 47.7 Å². The fourth-order valence-corrected chi connectivity index (χ4v) is 4.88. The molecule has 0 spiro atoms. The summed E-state index contributed by atoms with van der Waals surface area (Å²) in [6, 6.07) is -1.16. The zero-order valence-corrected chi connectivity index (χ0v) is 25.6. The molecule has 0 aromatic heterocycles. The summed E-state index contributed by atoms with van der Waals surface area (Å²) in [6.07, 6.45) is 10.6. The molecule has 1 amide bonds. The Morgan fingerprint density at radius 3 is 1.54 bits per heavy atom. The average Bonchev–Trinajstić information content (AvgIpc) is 2.88. The molecule has 1 rings (SSSR count). The van der Waals surface area contributed by atoms with E-state index < -0.39 is 54.5 Å². The van der Waals surface area contributed by atoms with E-state index in [9.17, 15) is 24.0 Å². The van der Waals surface area contributed by atoms with Crippen LogP contribution in [-0.2, 0) is 47.7 Å². The van der Waals surface area contributed by atoms with Crippen molar-refractivity contribution in [2.24, 2.45) is 0 Å². The van der Waals surface area contributed by atoms with Gasteiger partial charge in [-0.05, 0) is 6.42 Å². The Balaban J connectivity index is 2.67. The van der Waals surface area contributed by atoms with Crippen LogP contribution in [0.4, 0.5) is 0 Å². The molecule has 0 aromatic rings.